The van der Waals surface area contributed by atoms with E-state index in [-0.39, 0.29) is 11.6 Å². The van der Waals surface area contributed by atoms with Crippen LogP contribution in [-0.4, -0.2) is 55.8 Å². The number of aromatic nitrogens is 4. The van der Waals surface area contributed by atoms with E-state index in [1.807, 2.05) is 31.4 Å². The van der Waals surface area contributed by atoms with Crippen LogP contribution in [0.1, 0.15) is 35.9 Å². The lowest BCUT2D eigenvalue weighted by molar-refractivity contribution is -0.117. The van der Waals surface area contributed by atoms with Crippen LogP contribution in [0.2, 0.25) is 0 Å². The zero-order chi connectivity index (χ0) is 24.5. The van der Waals surface area contributed by atoms with Crippen LogP contribution in [0.4, 0.5) is 11.4 Å². The highest BCUT2D eigenvalue weighted by Gasteiger charge is 2.23. The van der Waals surface area contributed by atoms with Gasteiger partial charge in [-0.15, -0.1) is 0 Å². The van der Waals surface area contributed by atoms with Gasteiger partial charge in [0.2, 0.25) is 5.91 Å². The molecular formula is C25H27N7O3. The molecule has 2 amide bonds. The summed E-state index contributed by atoms with van der Waals surface area (Å²) < 4.78 is 7.16. The first kappa shape index (κ1) is 22.7. The molecule has 4 heterocycles. The van der Waals surface area contributed by atoms with Crippen LogP contribution in [0.3, 0.4) is 0 Å². The minimum atomic E-state index is -0.419. The van der Waals surface area contributed by atoms with Gasteiger partial charge < -0.3 is 15.2 Å². The van der Waals surface area contributed by atoms with E-state index in [1.165, 1.54) is 0 Å². The highest BCUT2D eigenvalue weighted by molar-refractivity contribution is 6.11. The second-order valence-electron chi connectivity index (χ2n) is 8.97. The molecule has 35 heavy (non-hydrogen) atoms. The molecule has 180 valence electrons. The summed E-state index contributed by atoms with van der Waals surface area (Å²) in [5.74, 6) is -0.522. The highest BCUT2D eigenvalue weighted by Crippen LogP contribution is 2.27. The summed E-state index contributed by atoms with van der Waals surface area (Å²) in [7, 11) is 1.85. The van der Waals surface area contributed by atoms with Gasteiger partial charge in [0.25, 0.3) is 5.91 Å². The van der Waals surface area contributed by atoms with Gasteiger partial charge in [-0.1, -0.05) is 11.2 Å². The first-order valence-electron chi connectivity index (χ1n) is 11.6. The van der Waals surface area contributed by atoms with Gasteiger partial charge >= 0.3 is 0 Å². The number of amides is 2. The zero-order valence-corrected chi connectivity index (χ0v) is 19.9. The SMILES string of the molecule is Cc1ncc(NC(=O)CN2CCC[C@@H]2C)cc1NC(=O)c1noc2cc(-c3cnn(C)c3)ccc12. The average Bonchev–Trinajstić information content (AvgIpc) is 3.56. The standard InChI is InChI=1S/C25H27N7O3/c1-15-5-4-8-32(15)14-23(33)28-19-10-21(16(2)26-12-19)29-25(34)24-20-7-6-17(9-22(20)35-30-24)18-11-27-31(3)13-18/h6-7,9-13,15H,4-5,8,14H2,1-3H3,(H,28,33)(H,29,34)/t15-/m0/s1. The molecule has 1 atom stereocenters. The number of aryl methyl sites for hydroxylation is 2. The second-order valence-corrected chi connectivity index (χ2v) is 8.97. The summed E-state index contributed by atoms with van der Waals surface area (Å²) in [5, 5.41) is 14.5. The number of hydrogen-bond acceptors (Lipinski definition) is 7. The normalized spacial score (nSPS) is 16.0. The van der Waals surface area contributed by atoms with Crippen molar-refractivity contribution < 1.29 is 14.1 Å². The van der Waals surface area contributed by atoms with Crippen molar-refractivity contribution in [2.75, 3.05) is 23.7 Å². The maximum absolute atomic E-state index is 13.0. The van der Waals surface area contributed by atoms with Gasteiger partial charge in [-0.05, 0) is 57.0 Å². The van der Waals surface area contributed by atoms with Crippen LogP contribution >= 0.6 is 0 Å². The minimum absolute atomic E-state index is 0.103. The van der Waals surface area contributed by atoms with E-state index in [4.69, 9.17) is 4.52 Å². The molecule has 0 radical (unpaired) electrons. The average molecular weight is 474 g/mol. The molecule has 0 spiro atoms. The van der Waals surface area contributed by atoms with Crippen LogP contribution in [0.5, 0.6) is 0 Å². The Morgan fingerprint density at radius 3 is 2.77 bits per heavy atom. The summed E-state index contributed by atoms with van der Waals surface area (Å²) in [6.07, 6.45) is 7.47. The molecule has 10 nitrogen and oxygen atoms in total. The minimum Gasteiger partial charge on any atom is -0.355 e. The van der Waals surface area contributed by atoms with Crippen molar-refractivity contribution in [1.29, 1.82) is 0 Å². The van der Waals surface area contributed by atoms with Gasteiger partial charge in [-0.2, -0.15) is 5.10 Å². The number of benzene rings is 1. The number of anilines is 2. The fourth-order valence-corrected chi connectivity index (χ4v) is 4.37. The molecule has 0 saturated carbocycles. The van der Waals surface area contributed by atoms with E-state index < -0.39 is 5.91 Å². The lowest BCUT2D eigenvalue weighted by Crippen LogP contribution is -2.35. The topological polar surface area (TPSA) is 118 Å². The Labute approximate surface area is 202 Å². The van der Waals surface area contributed by atoms with Crippen molar-refractivity contribution in [2.45, 2.75) is 32.7 Å². The Hall–Kier alpha value is -4.05. The molecule has 1 saturated heterocycles. The quantitative estimate of drug-likeness (QED) is 0.439. The van der Waals surface area contributed by atoms with Gasteiger partial charge in [-0.3, -0.25) is 24.2 Å². The maximum atomic E-state index is 13.0. The van der Waals surface area contributed by atoms with Crippen LogP contribution in [0.25, 0.3) is 22.1 Å². The Balaban J connectivity index is 1.30. The Bertz CT molecular complexity index is 1410. The molecule has 1 aliphatic rings. The van der Waals surface area contributed by atoms with Crippen LogP contribution < -0.4 is 10.6 Å². The number of rotatable bonds is 6. The lowest BCUT2D eigenvalue weighted by Gasteiger charge is -2.20. The molecule has 0 bridgehead atoms. The molecule has 1 aromatic carbocycles. The number of nitrogens with zero attached hydrogens (tertiary/aromatic N) is 5. The molecule has 4 aromatic rings. The predicted molar refractivity (Wildman–Crippen MR) is 132 cm³/mol. The van der Waals surface area contributed by atoms with E-state index in [1.54, 1.807) is 30.1 Å². The largest absolute Gasteiger partial charge is 0.355 e. The monoisotopic (exact) mass is 473 g/mol. The molecule has 10 heteroatoms. The maximum Gasteiger partial charge on any atom is 0.278 e. The fourth-order valence-electron chi connectivity index (χ4n) is 4.37. The first-order chi connectivity index (χ1) is 16.9. The first-order valence-corrected chi connectivity index (χ1v) is 11.6. The fraction of sp³-hybridized carbons (Fsp3) is 0.320. The third kappa shape index (κ3) is 4.78. The number of likely N-dealkylation sites (tertiary alicyclic amines) is 1. The number of nitrogens with one attached hydrogen (secondary N) is 2. The summed E-state index contributed by atoms with van der Waals surface area (Å²) in [5.41, 5.74) is 4.17. The zero-order valence-electron chi connectivity index (χ0n) is 19.9. The summed E-state index contributed by atoms with van der Waals surface area (Å²) >= 11 is 0. The summed E-state index contributed by atoms with van der Waals surface area (Å²) in [6.45, 7) is 5.18. The predicted octanol–water partition coefficient (Wildman–Crippen LogP) is 3.61. The van der Waals surface area contributed by atoms with Crippen molar-refractivity contribution in [3.8, 4) is 11.1 Å². The van der Waals surface area contributed by atoms with E-state index in [0.717, 1.165) is 30.5 Å². The Morgan fingerprint density at radius 1 is 1.17 bits per heavy atom. The van der Waals surface area contributed by atoms with E-state index in [0.29, 0.717) is 40.6 Å². The molecule has 2 N–H and O–H groups in total. The summed E-state index contributed by atoms with van der Waals surface area (Å²) in [4.78, 5) is 32.0. The second kappa shape index (κ2) is 9.30. The smallest absolute Gasteiger partial charge is 0.278 e. The number of pyridine rings is 1. The van der Waals surface area contributed by atoms with E-state index in [9.17, 15) is 9.59 Å². The van der Waals surface area contributed by atoms with Crippen molar-refractivity contribution in [1.82, 2.24) is 24.8 Å². The van der Waals surface area contributed by atoms with Crippen molar-refractivity contribution in [3.63, 3.8) is 0 Å². The molecule has 1 aliphatic heterocycles. The van der Waals surface area contributed by atoms with Gasteiger partial charge in [0, 0.05) is 24.8 Å². The molecule has 0 aliphatic carbocycles. The molecule has 1 fully saturated rings. The number of carbonyl (C=O) groups is 2. The molecular weight excluding hydrogens is 446 g/mol. The number of hydrogen-bond donors (Lipinski definition) is 2. The van der Waals surface area contributed by atoms with Crippen molar-refractivity contribution in [3.05, 3.63) is 54.2 Å². The molecule has 5 rings (SSSR count). The van der Waals surface area contributed by atoms with Crippen LogP contribution in [0.15, 0.2) is 47.4 Å². The van der Waals surface area contributed by atoms with Crippen LogP contribution in [0, 0.1) is 6.92 Å². The third-order valence-corrected chi connectivity index (χ3v) is 6.38. The lowest BCUT2D eigenvalue weighted by atomic mass is 10.1. The highest BCUT2D eigenvalue weighted by atomic mass is 16.5. The molecule has 0 unspecified atom stereocenters. The van der Waals surface area contributed by atoms with Gasteiger partial charge in [0.05, 0.1) is 41.4 Å². The van der Waals surface area contributed by atoms with E-state index in [2.05, 4.69) is 37.7 Å². The Morgan fingerprint density at radius 2 is 2.03 bits per heavy atom. The number of carbonyl (C=O) groups excluding carboxylic acids is 2. The van der Waals surface area contributed by atoms with Gasteiger partial charge in [0.15, 0.2) is 11.3 Å². The summed E-state index contributed by atoms with van der Waals surface area (Å²) in [6, 6.07) is 7.65. The van der Waals surface area contributed by atoms with Crippen molar-refractivity contribution >= 4 is 34.2 Å². The van der Waals surface area contributed by atoms with Gasteiger partial charge in [-0.25, -0.2) is 0 Å². The van der Waals surface area contributed by atoms with Crippen molar-refractivity contribution in [2.24, 2.45) is 7.05 Å². The van der Waals surface area contributed by atoms with E-state index >= 15 is 0 Å². The van der Waals surface area contributed by atoms with Crippen LogP contribution in [-0.2, 0) is 11.8 Å². The third-order valence-electron chi connectivity index (χ3n) is 6.38. The molecule has 3 aromatic heterocycles. The Kier molecular flexibility index (Phi) is 6.04. The van der Waals surface area contributed by atoms with Gasteiger partial charge in [0.1, 0.15) is 0 Å². The number of fused-ring (bicyclic) bond motifs is 1.